The SMILES string of the molecule is CC(C)CCC(=O)NS(C)(=O)=O. The second-order valence-electron chi connectivity index (χ2n) is 3.23. The molecule has 0 unspecified atom stereocenters. The van der Waals surface area contributed by atoms with Crippen molar-refractivity contribution in [2.24, 2.45) is 5.92 Å². The highest BCUT2D eigenvalue weighted by atomic mass is 32.2. The summed E-state index contributed by atoms with van der Waals surface area (Å²) in [6.07, 6.45) is 1.95. The molecular formula is C7H15NO3S. The number of nitrogens with one attached hydrogen (secondary N) is 1. The molecule has 0 saturated carbocycles. The van der Waals surface area contributed by atoms with Crippen LogP contribution in [0.2, 0.25) is 0 Å². The summed E-state index contributed by atoms with van der Waals surface area (Å²) >= 11 is 0. The van der Waals surface area contributed by atoms with Crippen molar-refractivity contribution in [3.05, 3.63) is 0 Å². The van der Waals surface area contributed by atoms with Crippen molar-refractivity contribution < 1.29 is 13.2 Å². The smallest absolute Gasteiger partial charge is 0.233 e. The molecule has 0 aliphatic rings. The van der Waals surface area contributed by atoms with Gasteiger partial charge in [-0.05, 0) is 12.3 Å². The lowest BCUT2D eigenvalue weighted by Crippen LogP contribution is -2.29. The van der Waals surface area contributed by atoms with E-state index in [0.717, 1.165) is 6.26 Å². The molecule has 0 aromatic rings. The topological polar surface area (TPSA) is 63.2 Å². The monoisotopic (exact) mass is 193 g/mol. The first-order valence-electron chi connectivity index (χ1n) is 3.82. The van der Waals surface area contributed by atoms with E-state index in [1.54, 1.807) is 0 Å². The van der Waals surface area contributed by atoms with Gasteiger partial charge in [0.1, 0.15) is 0 Å². The molecule has 0 rings (SSSR count). The van der Waals surface area contributed by atoms with Gasteiger partial charge in [-0.15, -0.1) is 0 Å². The average Bonchev–Trinajstić information content (AvgIpc) is 1.79. The van der Waals surface area contributed by atoms with Gasteiger partial charge in [-0.1, -0.05) is 13.8 Å². The summed E-state index contributed by atoms with van der Waals surface area (Å²) in [7, 11) is -3.37. The summed E-state index contributed by atoms with van der Waals surface area (Å²) in [5.74, 6) is -0.0125. The molecular weight excluding hydrogens is 178 g/mol. The van der Waals surface area contributed by atoms with E-state index in [-0.39, 0.29) is 6.42 Å². The Morgan fingerprint density at radius 1 is 1.42 bits per heavy atom. The van der Waals surface area contributed by atoms with Crippen molar-refractivity contribution in [1.29, 1.82) is 0 Å². The van der Waals surface area contributed by atoms with Crippen molar-refractivity contribution >= 4 is 15.9 Å². The van der Waals surface area contributed by atoms with Gasteiger partial charge >= 0.3 is 0 Å². The summed E-state index contributed by atoms with van der Waals surface area (Å²) in [5, 5.41) is 0. The number of rotatable bonds is 4. The first kappa shape index (κ1) is 11.4. The molecule has 0 heterocycles. The van der Waals surface area contributed by atoms with Gasteiger partial charge in [0, 0.05) is 6.42 Å². The molecule has 0 aromatic carbocycles. The third-order valence-corrected chi connectivity index (χ3v) is 1.85. The van der Waals surface area contributed by atoms with Crippen molar-refractivity contribution in [3.8, 4) is 0 Å². The van der Waals surface area contributed by atoms with Crippen molar-refractivity contribution in [2.75, 3.05) is 6.26 Å². The van der Waals surface area contributed by atoms with Crippen LogP contribution in [0.3, 0.4) is 0 Å². The molecule has 0 aliphatic heterocycles. The van der Waals surface area contributed by atoms with Gasteiger partial charge in [0.05, 0.1) is 6.26 Å². The lowest BCUT2D eigenvalue weighted by atomic mass is 10.1. The van der Waals surface area contributed by atoms with E-state index >= 15 is 0 Å². The minimum atomic E-state index is -3.37. The minimum Gasteiger partial charge on any atom is -0.274 e. The fourth-order valence-electron chi connectivity index (χ4n) is 0.678. The van der Waals surface area contributed by atoms with E-state index < -0.39 is 15.9 Å². The van der Waals surface area contributed by atoms with Crippen molar-refractivity contribution in [3.63, 3.8) is 0 Å². The van der Waals surface area contributed by atoms with Crippen LogP contribution >= 0.6 is 0 Å². The molecule has 0 fully saturated rings. The number of amides is 1. The third kappa shape index (κ3) is 7.53. The number of carbonyl (C=O) groups excluding carboxylic acids is 1. The highest BCUT2D eigenvalue weighted by Crippen LogP contribution is 2.02. The predicted octanol–water partition coefficient (Wildman–Crippen LogP) is 0.498. The molecule has 0 aromatic heterocycles. The first-order chi connectivity index (χ1) is 5.31. The summed E-state index contributed by atoms with van der Waals surface area (Å²) < 4.78 is 23.0. The van der Waals surface area contributed by atoms with Gasteiger partial charge < -0.3 is 0 Å². The van der Waals surface area contributed by atoms with Crippen LogP contribution in [0, 0.1) is 5.92 Å². The van der Waals surface area contributed by atoms with E-state index in [4.69, 9.17) is 0 Å². The zero-order valence-electron chi connectivity index (χ0n) is 7.62. The molecule has 0 bridgehead atoms. The van der Waals surface area contributed by atoms with Crippen LogP contribution in [-0.2, 0) is 14.8 Å². The lowest BCUT2D eigenvalue weighted by Gasteiger charge is -2.04. The first-order valence-corrected chi connectivity index (χ1v) is 5.71. The zero-order valence-corrected chi connectivity index (χ0v) is 8.44. The van der Waals surface area contributed by atoms with Crippen LogP contribution in [0.1, 0.15) is 26.7 Å². The van der Waals surface area contributed by atoms with Gasteiger partial charge in [-0.3, -0.25) is 9.52 Å². The fourth-order valence-corrected chi connectivity index (χ4v) is 1.19. The summed E-state index contributed by atoms with van der Waals surface area (Å²) in [6, 6.07) is 0. The highest BCUT2D eigenvalue weighted by molar-refractivity contribution is 7.89. The van der Waals surface area contributed by atoms with Gasteiger partial charge in [-0.25, -0.2) is 8.42 Å². The van der Waals surface area contributed by atoms with Crippen LogP contribution in [0.4, 0.5) is 0 Å². The fraction of sp³-hybridized carbons (Fsp3) is 0.857. The van der Waals surface area contributed by atoms with E-state index in [2.05, 4.69) is 0 Å². The van der Waals surface area contributed by atoms with Crippen molar-refractivity contribution in [2.45, 2.75) is 26.7 Å². The Balaban J connectivity index is 3.77. The molecule has 12 heavy (non-hydrogen) atoms. The Labute approximate surface area is 73.4 Å². The van der Waals surface area contributed by atoms with Crippen LogP contribution in [0.5, 0.6) is 0 Å². The molecule has 0 atom stereocenters. The van der Waals surface area contributed by atoms with Crippen LogP contribution in [0.25, 0.3) is 0 Å². The predicted molar refractivity (Wildman–Crippen MR) is 47.1 cm³/mol. The number of hydrogen-bond donors (Lipinski definition) is 1. The Morgan fingerprint density at radius 3 is 2.25 bits per heavy atom. The zero-order chi connectivity index (χ0) is 9.78. The van der Waals surface area contributed by atoms with Crippen molar-refractivity contribution in [1.82, 2.24) is 4.72 Å². The Kier molecular flexibility index (Phi) is 4.23. The molecule has 0 radical (unpaired) electrons. The van der Waals surface area contributed by atoms with Crippen LogP contribution in [-0.4, -0.2) is 20.6 Å². The average molecular weight is 193 g/mol. The maximum Gasteiger partial charge on any atom is 0.233 e. The molecule has 0 aliphatic carbocycles. The quantitative estimate of drug-likeness (QED) is 0.707. The number of carbonyl (C=O) groups is 1. The molecule has 5 heteroatoms. The van der Waals surface area contributed by atoms with E-state index in [1.165, 1.54) is 0 Å². The maximum absolute atomic E-state index is 10.9. The van der Waals surface area contributed by atoms with E-state index in [1.807, 2.05) is 18.6 Å². The second-order valence-corrected chi connectivity index (χ2v) is 4.98. The summed E-state index contributed by atoms with van der Waals surface area (Å²) in [4.78, 5) is 10.9. The van der Waals surface area contributed by atoms with Crippen LogP contribution in [0.15, 0.2) is 0 Å². The number of sulfonamides is 1. The molecule has 72 valence electrons. The largest absolute Gasteiger partial charge is 0.274 e. The van der Waals surface area contributed by atoms with E-state index in [9.17, 15) is 13.2 Å². The molecule has 0 saturated heterocycles. The molecule has 1 amide bonds. The normalized spacial score (nSPS) is 11.7. The number of hydrogen-bond acceptors (Lipinski definition) is 3. The Hall–Kier alpha value is -0.580. The van der Waals surface area contributed by atoms with Crippen LogP contribution < -0.4 is 4.72 Å². The van der Waals surface area contributed by atoms with E-state index in [0.29, 0.717) is 12.3 Å². The van der Waals surface area contributed by atoms with Gasteiger partial charge in [0.15, 0.2) is 0 Å². The van der Waals surface area contributed by atoms with Gasteiger partial charge in [0.25, 0.3) is 0 Å². The highest BCUT2D eigenvalue weighted by Gasteiger charge is 2.08. The second kappa shape index (κ2) is 4.45. The molecule has 1 N–H and O–H groups in total. The van der Waals surface area contributed by atoms with Gasteiger partial charge in [-0.2, -0.15) is 0 Å². The summed E-state index contributed by atoms with van der Waals surface area (Å²) in [6.45, 7) is 3.96. The Morgan fingerprint density at radius 2 is 1.92 bits per heavy atom. The minimum absolute atomic E-state index is 0.269. The molecule has 0 spiro atoms. The maximum atomic E-state index is 10.9. The third-order valence-electron chi connectivity index (χ3n) is 1.25. The van der Waals surface area contributed by atoms with Gasteiger partial charge in [0.2, 0.25) is 15.9 Å². The molecule has 4 nitrogen and oxygen atoms in total. The standard InChI is InChI=1S/C7H15NO3S/c1-6(2)4-5-7(9)8-12(3,10)11/h6H,4-5H2,1-3H3,(H,8,9). The lowest BCUT2D eigenvalue weighted by molar-refractivity contribution is -0.119. The Bertz CT molecular complexity index is 243. The summed E-state index contributed by atoms with van der Waals surface area (Å²) in [5.41, 5.74) is 0.